The predicted octanol–water partition coefficient (Wildman–Crippen LogP) is 3.91. The van der Waals surface area contributed by atoms with Gasteiger partial charge in [0.25, 0.3) is 0 Å². The molecule has 1 atom stereocenters. The minimum absolute atomic E-state index is 0.0119. The normalized spacial score (nSPS) is 12.0. The van der Waals surface area contributed by atoms with Crippen LogP contribution in [0.1, 0.15) is 18.5 Å². The van der Waals surface area contributed by atoms with E-state index < -0.39 is 11.7 Å². The van der Waals surface area contributed by atoms with Crippen molar-refractivity contribution in [3.05, 3.63) is 64.7 Å². The second-order valence-corrected chi connectivity index (χ2v) is 5.23. The summed E-state index contributed by atoms with van der Waals surface area (Å²) in [7, 11) is 0. The molecule has 0 spiro atoms. The van der Waals surface area contributed by atoms with E-state index in [9.17, 15) is 13.6 Å². The maximum absolute atomic E-state index is 13.6. The van der Waals surface area contributed by atoms with Crippen LogP contribution in [0.3, 0.4) is 0 Å². The van der Waals surface area contributed by atoms with Gasteiger partial charge in [-0.25, -0.2) is 8.78 Å². The van der Waals surface area contributed by atoms with Gasteiger partial charge in [-0.3, -0.25) is 4.79 Å². The number of anilines is 1. The summed E-state index contributed by atoms with van der Waals surface area (Å²) >= 11 is 5.75. The summed E-state index contributed by atoms with van der Waals surface area (Å²) in [6.45, 7) is 1.66. The van der Waals surface area contributed by atoms with Crippen LogP contribution < -0.4 is 10.6 Å². The van der Waals surface area contributed by atoms with E-state index in [1.54, 1.807) is 25.1 Å². The average molecular weight is 325 g/mol. The largest absolute Gasteiger partial charge is 0.322 e. The molecular formula is C16H15ClF2N2O. The molecule has 2 aromatic carbocycles. The van der Waals surface area contributed by atoms with Gasteiger partial charge in [0.2, 0.25) is 5.91 Å². The molecule has 0 saturated carbocycles. The summed E-state index contributed by atoms with van der Waals surface area (Å²) < 4.78 is 27.1. The van der Waals surface area contributed by atoms with Crippen molar-refractivity contribution in [2.24, 2.45) is 0 Å². The molecule has 3 nitrogen and oxygen atoms in total. The predicted molar refractivity (Wildman–Crippen MR) is 82.9 cm³/mol. The molecule has 0 radical (unpaired) electrons. The van der Waals surface area contributed by atoms with Crippen molar-refractivity contribution < 1.29 is 13.6 Å². The van der Waals surface area contributed by atoms with Crippen LogP contribution in [0.25, 0.3) is 0 Å². The Morgan fingerprint density at radius 1 is 1.18 bits per heavy atom. The van der Waals surface area contributed by atoms with E-state index in [0.29, 0.717) is 10.6 Å². The zero-order chi connectivity index (χ0) is 16.1. The molecule has 0 saturated heterocycles. The summed E-state index contributed by atoms with van der Waals surface area (Å²) in [4.78, 5) is 11.8. The van der Waals surface area contributed by atoms with Crippen molar-refractivity contribution in [3.63, 3.8) is 0 Å². The number of nitrogens with one attached hydrogen (secondary N) is 2. The molecule has 6 heteroatoms. The summed E-state index contributed by atoms with van der Waals surface area (Å²) in [5.41, 5.74) is 0.474. The number of carbonyl (C=O) groups excluding carboxylic acids is 1. The van der Waals surface area contributed by atoms with Crippen molar-refractivity contribution in [2.75, 3.05) is 11.9 Å². The Bertz CT molecular complexity index is 679. The van der Waals surface area contributed by atoms with Gasteiger partial charge in [0.05, 0.1) is 12.2 Å². The summed E-state index contributed by atoms with van der Waals surface area (Å²) in [5.74, 6) is -1.35. The van der Waals surface area contributed by atoms with Crippen molar-refractivity contribution in [3.8, 4) is 0 Å². The molecule has 0 heterocycles. The fourth-order valence-corrected chi connectivity index (χ4v) is 2.14. The standard InChI is InChI=1S/C16H15ClF2N2O/c1-10(12-4-2-3-5-13(12)18)20-9-16(22)21-15-8-11(17)6-7-14(15)19/h2-8,10,20H,9H2,1H3,(H,21,22). The fourth-order valence-electron chi connectivity index (χ4n) is 1.97. The van der Waals surface area contributed by atoms with E-state index in [2.05, 4.69) is 10.6 Å². The van der Waals surface area contributed by atoms with Crippen LogP contribution in [0.2, 0.25) is 5.02 Å². The first-order valence-corrected chi connectivity index (χ1v) is 7.08. The first kappa shape index (κ1) is 16.4. The maximum Gasteiger partial charge on any atom is 0.238 e. The number of benzene rings is 2. The third-order valence-corrected chi connectivity index (χ3v) is 3.38. The minimum Gasteiger partial charge on any atom is -0.322 e. The lowest BCUT2D eigenvalue weighted by Gasteiger charge is -2.15. The van der Waals surface area contributed by atoms with Gasteiger partial charge < -0.3 is 10.6 Å². The van der Waals surface area contributed by atoms with Crippen molar-refractivity contribution in [1.29, 1.82) is 0 Å². The van der Waals surface area contributed by atoms with Crippen LogP contribution in [0.15, 0.2) is 42.5 Å². The Labute approximate surface area is 132 Å². The smallest absolute Gasteiger partial charge is 0.238 e. The lowest BCUT2D eigenvalue weighted by Crippen LogP contribution is -2.30. The molecule has 1 unspecified atom stereocenters. The molecule has 22 heavy (non-hydrogen) atoms. The Balaban J connectivity index is 1.93. The third kappa shape index (κ3) is 4.26. The van der Waals surface area contributed by atoms with Crippen LogP contribution in [0, 0.1) is 11.6 Å². The SMILES string of the molecule is CC(NCC(=O)Nc1cc(Cl)ccc1F)c1ccccc1F. The molecule has 0 aromatic heterocycles. The molecule has 0 aliphatic heterocycles. The monoisotopic (exact) mass is 324 g/mol. The van der Waals surface area contributed by atoms with Crippen LogP contribution in [-0.4, -0.2) is 12.5 Å². The molecule has 2 rings (SSSR count). The van der Waals surface area contributed by atoms with E-state index in [-0.39, 0.29) is 24.1 Å². The topological polar surface area (TPSA) is 41.1 Å². The summed E-state index contributed by atoms with van der Waals surface area (Å²) in [6.07, 6.45) is 0. The molecular weight excluding hydrogens is 310 g/mol. The number of halogens is 3. The highest BCUT2D eigenvalue weighted by atomic mass is 35.5. The molecule has 1 amide bonds. The van der Waals surface area contributed by atoms with E-state index in [0.717, 1.165) is 0 Å². The molecule has 2 N–H and O–H groups in total. The number of hydrogen-bond acceptors (Lipinski definition) is 2. The van der Waals surface area contributed by atoms with Crippen LogP contribution >= 0.6 is 11.6 Å². The highest BCUT2D eigenvalue weighted by molar-refractivity contribution is 6.30. The van der Waals surface area contributed by atoms with Crippen molar-refractivity contribution in [1.82, 2.24) is 5.32 Å². The van der Waals surface area contributed by atoms with Gasteiger partial charge in [0.15, 0.2) is 0 Å². The van der Waals surface area contributed by atoms with Gasteiger partial charge in [0, 0.05) is 16.6 Å². The van der Waals surface area contributed by atoms with Crippen molar-refractivity contribution in [2.45, 2.75) is 13.0 Å². The van der Waals surface area contributed by atoms with E-state index >= 15 is 0 Å². The average Bonchev–Trinajstić information content (AvgIpc) is 2.49. The Morgan fingerprint density at radius 2 is 1.91 bits per heavy atom. The second kappa shape index (κ2) is 7.33. The minimum atomic E-state index is -0.570. The van der Waals surface area contributed by atoms with E-state index in [1.165, 1.54) is 24.3 Å². The summed E-state index contributed by atoms with van der Waals surface area (Å²) in [5, 5.41) is 5.63. The van der Waals surface area contributed by atoms with Gasteiger partial charge in [-0.05, 0) is 31.2 Å². The Hall–Kier alpha value is -1.98. The molecule has 0 fully saturated rings. The van der Waals surface area contributed by atoms with Gasteiger partial charge in [-0.2, -0.15) is 0 Å². The first-order valence-electron chi connectivity index (χ1n) is 6.70. The Morgan fingerprint density at radius 3 is 2.64 bits per heavy atom. The number of amides is 1. The molecule has 2 aromatic rings. The summed E-state index contributed by atoms with van der Waals surface area (Å²) in [6, 6.07) is 9.86. The van der Waals surface area contributed by atoms with Gasteiger partial charge >= 0.3 is 0 Å². The zero-order valence-corrected chi connectivity index (χ0v) is 12.6. The molecule has 0 aliphatic carbocycles. The quantitative estimate of drug-likeness (QED) is 0.875. The van der Waals surface area contributed by atoms with Crippen LogP contribution in [0.4, 0.5) is 14.5 Å². The van der Waals surface area contributed by atoms with Gasteiger partial charge in [0.1, 0.15) is 11.6 Å². The number of rotatable bonds is 5. The fraction of sp³-hybridized carbons (Fsp3) is 0.188. The van der Waals surface area contributed by atoms with Gasteiger partial charge in [-0.1, -0.05) is 29.8 Å². The van der Waals surface area contributed by atoms with E-state index in [4.69, 9.17) is 11.6 Å². The van der Waals surface area contributed by atoms with E-state index in [1.807, 2.05) is 0 Å². The second-order valence-electron chi connectivity index (χ2n) is 4.80. The lowest BCUT2D eigenvalue weighted by atomic mass is 10.1. The Kier molecular flexibility index (Phi) is 5.46. The zero-order valence-electron chi connectivity index (χ0n) is 11.9. The van der Waals surface area contributed by atoms with Crippen LogP contribution in [-0.2, 0) is 4.79 Å². The van der Waals surface area contributed by atoms with Gasteiger partial charge in [-0.15, -0.1) is 0 Å². The highest BCUT2D eigenvalue weighted by Gasteiger charge is 2.12. The number of hydrogen-bond donors (Lipinski definition) is 2. The maximum atomic E-state index is 13.6. The molecule has 0 bridgehead atoms. The third-order valence-electron chi connectivity index (χ3n) is 3.14. The molecule has 116 valence electrons. The van der Waals surface area contributed by atoms with Crippen molar-refractivity contribution >= 4 is 23.2 Å². The number of carbonyl (C=O) groups is 1. The highest BCUT2D eigenvalue weighted by Crippen LogP contribution is 2.19. The molecule has 0 aliphatic rings. The first-order chi connectivity index (χ1) is 10.5. The van der Waals surface area contributed by atoms with Crippen LogP contribution in [0.5, 0.6) is 0 Å². The lowest BCUT2D eigenvalue weighted by molar-refractivity contribution is -0.115.